The van der Waals surface area contributed by atoms with E-state index in [4.69, 9.17) is 4.74 Å². The fourth-order valence-corrected chi connectivity index (χ4v) is 2.20. The van der Waals surface area contributed by atoms with Crippen molar-refractivity contribution in [3.63, 3.8) is 0 Å². The highest BCUT2D eigenvalue weighted by molar-refractivity contribution is 5.90. The second-order valence-corrected chi connectivity index (χ2v) is 5.20. The van der Waals surface area contributed by atoms with E-state index in [1.807, 2.05) is 30.3 Å². The summed E-state index contributed by atoms with van der Waals surface area (Å²) in [6.45, 7) is 0.636. The number of carbonyl (C=O) groups is 1. The van der Waals surface area contributed by atoms with Crippen molar-refractivity contribution >= 4 is 23.4 Å². The first kappa shape index (κ1) is 16.4. The monoisotopic (exact) mass is 335 g/mol. The minimum absolute atomic E-state index is 0.333. The zero-order valence-corrected chi connectivity index (χ0v) is 13.6. The van der Waals surface area contributed by atoms with Crippen LogP contribution in [0.4, 0.5) is 17.5 Å². The highest BCUT2D eigenvalue weighted by Crippen LogP contribution is 2.16. The molecule has 0 atom stereocenters. The topological polar surface area (TPSA) is 89.0 Å². The Hall–Kier alpha value is -3.48. The molecule has 7 nitrogen and oxygen atoms in total. The Labute approximate surface area is 145 Å². The van der Waals surface area contributed by atoms with Crippen LogP contribution in [0.5, 0.6) is 0 Å². The molecule has 1 heterocycles. The van der Waals surface area contributed by atoms with Gasteiger partial charge in [-0.25, -0.2) is 4.79 Å². The summed E-state index contributed by atoms with van der Waals surface area (Å²) in [5, 5.41) is 14.1. The van der Waals surface area contributed by atoms with Crippen LogP contribution in [0.1, 0.15) is 15.9 Å². The third kappa shape index (κ3) is 4.51. The molecule has 0 spiro atoms. The van der Waals surface area contributed by atoms with Crippen LogP contribution < -0.4 is 10.6 Å². The first-order chi connectivity index (χ1) is 12.2. The van der Waals surface area contributed by atoms with Crippen molar-refractivity contribution in [2.24, 2.45) is 0 Å². The molecule has 0 saturated heterocycles. The molecule has 2 N–H and O–H groups in total. The van der Waals surface area contributed by atoms with E-state index in [1.54, 1.807) is 30.5 Å². The second-order valence-electron chi connectivity index (χ2n) is 5.20. The van der Waals surface area contributed by atoms with E-state index in [1.165, 1.54) is 7.11 Å². The Morgan fingerprint density at radius 1 is 1.12 bits per heavy atom. The quantitative estimate of drug-likeness (QED) is 0.669. The molecule has 0 amide bonds. The summed E-state index contributed by atoms with van der Waals surface area (Å²) in [5.41, 5.74) is 2.25. The number of benzene rings is 2. The molecule has 7 heteroatoms. The maximum absolute atomic E-state index is 11.6. The molecular weight excluding hydrogens is 318 g/mol. The van der Waals surface area contributed by atoms with Crippen molar-refractivity contribution in [3.8, 4) is 0 Å². The summed E-state index contributed by atoms with van der Waals surface area (Å²) in [4.78, 5) is 16.0. The molecule has 0 fully saturated rings. The van der Waals surface area contributed by atoms with E-state index in [-0.39, 0.29) is 0 Å². The molecule has 0 bridgehead atoms. The van der Waals surface area contributed by atoms with Gasteiger partial charge in [-0.2, -0.15) is 10.1 Å². The molecule has 3 aromatic rings. The third-order valence-corrected chi connectivity index (χ3v) is 3.42. The van der Waals surface area contributed by atoms with Gasteiger partial charge in [-0.05, 0) is 23.8 Å². The molecule has 0 aliphatic rings. The number of hydrogen-bond donors (Lipinski definition) is 2. The van der Waals surface area contributed by atoms with Crippen molar-refractivity contribution in [1.29, 1.82) is 0 Å². The van der Waals surface area contributed by atoms with E-state index in [2.05, 4.69) is 25.8 Å². The Bertz CT molecular complexity index is 855. The normalized spacial score (nSPS) is 10.1. The van der Waals surface area contributed by atoms with Gasteiger partial charge in [0.25, 0.3) is 0 Å². The average molecular weight is 335 g/mol. The lowest BCUT2D eigenvalue weighted by atomic mass is 10.2. The Kier molecular flexibility index (Phi) is 5.16. The van der Waals surface area contributed by atoms with Crippen molar-refractivity contribution in [2.45, 2.75) is 6.54 Å². The number of anilines is 3. The maximum Gasteiger partial charge on any atom is 0.337 e. The molecule has 0 aliphatic heterocycles. The number of nitrogens with zero attached hydrogens (tertiary/aromatic N) is 3. The Morgan fingerprint density at radius 3 is 2.76 bits per heavy atom. The largest absolute Gasteiger partial charge is 0.465 e. The van der Waals surface area contributed by atoms with Crippen molar-refractivity contribution < 1.29 is 9.53 Å². The highest BCUT2D eigenvalue weighted by atomic mass is 16.5. The van der Waals surface area contributed by atoms with Gasteiger partial charge in [0, 0.05) is 12.2 Å². The number of aromatic nitrogens is 3. The summed E-state index contributed by atoms with van der Waals surface area (Å²) in [7, 11) is 1.34. The maximum atomic E-state index is 11.6. The van der Waals surface area contributed by atoms with Gasteiger partial charge in [0.2, 0.25) is 5.95 Å². The fourth-order valence-electron chi connectivity index (χ4n) is 2.20. The fraction of sp³-hybridized carbons (Fsp3) is 0.111. The Morgan fingerprint density at radius 2 is 1.96 bits per heavy atom. The number of methoxy groups -OCH3 is 1. The number of rotatable bonds is 6. The molecule has 0 radical (unpaired) electrons. The second kappa shape index (κ2) is 7.87. The summed E-state index contributed by atoms with van der Waals surface area (Å²) in [5.74, 6) is 0.534. The lowest BCUT2D eigenvalue weighted by Gasteiger charge is -2.08. The lowest BCUT2D eigenvalue weighted by Crippen LogP contribution is -2.06. The van der Waals surface area contributed by atoms with Crippen LogP contribution in [0.3, 0.4) is 0 Å². The number of ether oxygens (including phenoxy) is 1. The van der Waals surface area contributed by atoms with Gasteiger partial charge in [0.15, 0.2) is 5.82 Å². The molecule has 25 heavy (non-hydrogen) atoms. The molecule has 0 aliphatic carbocycles. The molecule has 0 unspecified atom stereocenters. The first-order valence-corrected chi connectivity index (χ1v) is 7.67. The van der Waals surface area contributed by atoms with E-state index in [0.717, 1.165) is 5.56 Å². The molecule has 1 aromatic heterocycles. The van der Waals surface area contributed by atoms with Crippen LogP contribution in [0, 0.1) is 0 Å². The van der Waals surface area contributed by atoms with Crippen LogP contribution in [-0.2, 0) is 11.3 Å². The molecule has 0 saturated carbocycles. The standard InChI is InChI=1S/C18H17N5O2/c1-25-17(24)14-8-5-9-15(10-14)21-18-22-16(12-20-23-18)19-11-13-6-3-2-4-7-13/h2-10,12H,11H2,1H3,(H2,19,21,22,23). The minimum Gasteiger partial charge on any atom is -0.465 e. The predicted molar refractivity (Wildman–Crippen MR) is 94.7 cm³/mol. The van der Waals surface area contributed by atoms with Gasteiger partial charge >= 0.3 is 5.97 Å². The number of carbonyl (C=O) groups excluding carboxylic acids is 1. The van der Waals surface area contributed by atoms with Crippen molar-refractivity contribution in [3.05, 3.63) is 71.9 Å². The summed E-state index contributed by atoms with van der Waals surface area (Å²) >= 11 is 0. The molecule has 2 aromatic carbocycles. The summed E-state index contributed by atoms with van der Waals surface area (Å²) in [6.07, 6.45) is 1.55. The van der Waals surface area contributed by atoms with Gasteiger partial charge in [0.05, 0.1) is 18.9 Å². The van der Waals surface area contributed by atoms with Gasteiger partial charge in [0.1, 0.15) is 0 Å². The SMILES string of the molecule is COC(=O)c1cccc(Nc2nncc(NCc3ccccc3)n2)c1. The van der Waals surface area contributed by atoms with Crippen LogP contribution in [-0.4, -0.2) is 28.3 Å². The van der Waals surface area contributed by atoms with E-state index < -0.39 is 5.97 Å². The molecule has 126 valence electrons. The summed E-state index contributed by atoms with van der Waals surface area (Å²) < 4.78 is 4.71. The first-order valence-electron chi connectivity index (χ1n) is 7.67. The van der Waals surface area contributed by atoms with Gasteiger partial charge in [-0.3, -0.25) is 0 Å². The smallest absolute Gasteiger partial charge is 0.337 e. The van der Waals surface area contributed by atoms with Crippen molar-refractivity contribution in [1.82, 2.24) is 15.2 Å². The molecular formula is C18H17N5O2. The van der Waals surface area contributed by atoms with E-state index >= 15 is 0 Å². The van der Waals surface area contributed by atoms with Crippen molar-refractivity contribution in [2.75, 3.05) is 17.7 Å². The minimum atomic E-state index is -0.402. The summed E-state index contributed by atoms with van der Waals surface area (Å²) in [6, 6.07) is 16.9. The third-order valence-electron chi connectivity index (χ3n) is 3.42. The Balaban J connectivity index is 1.68. The number of hydrogen-bond acceptors (Lipinski definition) is 7. The average Bonchev–Trinajstić information content (AvgIpc) is 2.67. The van der Waals surface area contributed by atoms with E-state index in [0.29, 0.717) is 29.6 Å². The highest BCUT2D eigenvalue weighted by Gasteiger charge is 2.07. The number of nitrogens with one attached hydrogen (secondary N) is 2. The van der Waals surface area contributed by atoms with Crippen LogP contribution in [0.25, 0.3) is 0 Å². The van der Waals surface area contributed by atoms with Gasteiger partial charge in [-0.15, -0.1) is 5.10 Å². The van der Waals surface area contributed by atoms with Crippen LogP contribution >= 0.6 is 0 Å². The lowest BCUT2D eigenvalue weighted by molar-refractivity contribution is 0.0601. The van der Waals surface area contributed by atoms with Gasteiger partial charge < -0.3 is 15.4 Å². The number of esters is 1. The van der Waals surface area contributed by atoms with Crippen LogP contribution in [0.15, 0.2) is 60.8 Å². The zero-order valence-electron chi connectivity index (χ0n) is 13.6. The zero-order chi connectivity index (χ0) is 17.5. The van der Waals surface area contributed by atoms with Crippen LogP contribution in [0.2, 0.25) is 0 Å². The predicted octanol–water partition coefficient (Wildman–Crippen LogP) is 3.01. The van der Waals surface area contributed by atoms with Gasteiger partial charge in [-0.1, -0.05) is 36.4 Å². The molecule has 3 rings (SSSR count). The van der Waals surface area contributed by atoms with E-state index in [9.17, 15) is 4.79 Å².